The maximum atomic E-state index is 12.4. The van der Waals surface area contributed by atoms with E-state index < -0.39 is 0 Å². The van der Waals surface area contributed by atoms with Gasteiger partial charge in [-0.25, -0.2) is 4.98 Å². The van der Waals surface area contributed by atoms with E-state index in [9.17, 15) is 9.59 Å². The van der Waals surface area contributed by atoms with Gasteiger partial charge < -0.3 is 15.0 Å². The van der Waals surface area contributed by atoms with Crippen LogP contribution in [0.1, 0.15) is 18.4 Å². The molecule has 28 heavy (non-hydrogen) atoms. The highest BCUT2D eigenvalue weighted by molar-refractivity contribution is 9.10. The molecule has 2 amide bonds. The van der Waals surface area contributed by atoms with E-state index in [1.807, 2.05) is 30.3 Å². The molecule has 1 aliphatic rings. The van der Waals surface area contributed by atoms with Crippen molar-refractivity contribution in [1.29, 1.82) is 0 Å². The number of amides is 2. The number of benzene rings is 1. The monoisotopic (exact) mass is 443 g/mol. The van der Waals surface area contributed by atoms with Crippen LogP contribution in [0.15, 0.2) is 53.1 Å². The molecule has 0 saturated carbocycles. The predicted molar refractivity (Wildman–Crippen MR) is 112 cm³/mol. The van der Waals surface area contributed by atoms with Crippen molar-refractivity contribution in [3.8, 4) is 5.75 Å². The van der Waals surface area contributed by atoms with Crippen molar-refractivity contribution >= 4 is 39.6 Å². The number of likely N-dealkylation sites (tertiary alicyclic amines) is 1. The molecule has 3 rings (SSSR count). The van der Waals surface area contributed by atoms with Crippen molar-refractivity contribution in [3.63, 3.8) is 0 Å². The van der Waals surface area contributed by atoms with Crippen LogP contribution in [0.3, 0.4) is 0 Å². The highest BCUT2D eigenvalue weighted by Gasteiger charge is 2.26. The molecule has 6 nitrogen and oxygen atoms in total. The minimum Gasteiger partial charge on any atom is -0.497 e. The molecule has 0 bridgehead atoms. The summed E-state index contributed by atoms with van der Waals surface area (Å²) in [6.07, 6.45) is 6.28. The average Bonchev–Trinajstić information content (AvgIpc) is 2.74. The molecule has 2 aromatic rings. The highest BCUT2D eigenvalue weighted by Crippen LogP contribution is 2.20. The van der Waals surface area contributed by atoms with Crippen LogP contribution in [0, 0.1) is 5.92 Å². The van der Waals surface area contributed by atoms with Gasteiger partial charge in [-0.2, -0.15) is 0 Å². The predicted octanol–water partition coefficient (Wildman–Crippen LogP) is 3.74. The van der Waals surface area contributed by atoms with Crippen LogP contribution in [0.25, 0.3) is 6.08 Å². The second-order valence-electron chi connectivity index (χ2n) is 6.56. The minimum absolute atomic E-state index is 0.0451. The van der Waals surface area contributed by atoms with Crippen molar-refractivity contribution in [2.75, 3.05) is 25.5 Å². The molecular weight excluding hydrogens is 422 g/mol. The van der Waals surface area contributed by atoms with Crippen LogP contribution in [-0.4, -0.2) is 41.9 Å². The van der Waals surface area contributed by atoms with E-state index in [1.165, 1.54) is 0 Å². The van der Waals surface area contributed by atoms with Crippen LogP contribution >= 0.6 is 15.9 Å². The zero-order valence-electron chi connectivity index (χ0n) is 15.6. The molecule has 7 heteroatoms. The third-order valence-electron chi connectivity index (χ3n) is 4.67. The van der Waals surface area contributed by atoms with Gasteiger partial charge >= 0.3 is 0 Å². The number of ether oxygens (including phenoxy) is 1. The lowest BCUT2D eigenvalue weighted by Crippen LogP contribution is -2.40. The number of carbonyl (C=O) groups excluding carboxylic acids is 2. The summed E-state index contributed by atoms with van der Waals surface area (Å²) in [5.74, 6) is 1.08. The number of rotatable bonds is 5. The Hall–Kier alpha value is -2.67. The van der Waals surface area contributed by atoms with E-state index in [0.717, 1.165) is 15.8 Å². The summed E-state index contributed by atoms with van der Waals surface area (Å²) in [7, 11) is 1.61. The Labute approximate surface area is 172 Å². The summed E-state index contributed by atoms with van der Waals surface area (Å²) in [5, 5.41) is 2.84. The molecule has 1 saturated heterocycles. The number of hydrogen-bond donors (Lipinski definition) is 1. The van der Waals surface area contributed by atoms with E-state index in [-0.39, 0.29) is 17.7 Å². The van der Waals surface area contributed by atoms with Crippen molar-refractivity contribution in [1.82, 2.24) is 9.88 Å². The van der Waals surface area contributed by atoms with Crippen LogP contribution in [0.2, 0.25) is 0 Å². The molecule has 1 aromatic heterocycles. The van der Waals surface area contributed by atoms with Crippen LogP contribution in [0.5, 0.6) is 5.75 Å². The Balaban J connectivity index is 1.50. The van der Waals surface area contributed by atoms with Gasteiger partial charge in [0.15, 0.2) is 0 Å². The van der Waals surface area contributed by atoms with Crippen molar-refractivity contribution < 1.29 is 14.3 Å². The Morgan fingerprint density at radius 3 is 2.71 bits per heavy atom. The van der Waals surface area contributed by atoms with Gasteiger partial charge in [0.2, 0.25) is 11.8 Å². The lowest BCUT2D eigenvalue weighted by molar-refractivity contribution is -0.130. The third-order valence-corrected chi connectivity index (χ3v) is 5.14. The summed E-state index contributed by atoms with van der Waals surface area (Å²) in [4.78, 5) is 30.8. The van der Waals surface area contributed by atoms with Gasteiger partial charge in [-0.1, -0.05) is 12.1 Å². The molecule has 1 aromatic carbocycles. The zero-order chi connectivity index (χ0) is 19.9. The van der Waals surface area contributed by atoms with E-state index in [4.69, 9.17) is 4.74 Å². The van der Waals surface area contributed by atoms with Gasteiger partial charge in [0.25, 0.3) is 0 Å². The number of pyridine rings is 1. The third kappa shape index (κ3) is 5.42. The molecule has 1 fully saturated rings. The number of carbonyl (C=O) groups is 2. The number of halogens is 1. The van der Waals surface area contributed by atoms with Crippen molar-refractivity contribution in [2.45, 2.75) is 12.8 Å². The topological polar surface area (TPSA) is 71.5 Å². The first-order valence-corrected chi connectivity index (χ1v) is 9.88. The lowest BCUT2D eigenvalue weighted by atomic mass is 9.96. The van der Waals surface area contributed by atoms with Gasteiger partial charge in [0.1, 0.15) is 11.6 Å². The first-order valence-electron chi connectivity index (χ1n) is 9.08. The van der Waals surface area contributed by atoms with Gasteiger partial charge in [-0.05, 0) is 64.7 Å². The molecule has 0 atom stereocenters. The number of piperidine rings is 1. The molecule has 0 unspecified atom stereocenters. The van der Waals surface area contributed by atoms with E-state index in [2.05, 4.69) is 26.2 Å². The molecule has 2 heterocycles. The van der Waals surface area contributed by atoms with E-state index >= 15 is 0 Å². The van der Waals surface area contributed by atoms with Crippen LogP contribution in [-0.2, 0) is 9.59 Å². The maximum absolute atomic E-state index is 12.4. The first kappa shape index (κ1) is 20.1. The second-order valence-corrected chi connectivity index (χ2v) is 7.48. The normalized spacial score (nSPS) is 14.9. The Bertz CT molecular complexity index is 859. The second kappa shape index (κ2) is 9.50. The average molecular weight is 444 g/mol. The number of hydrogen-bond acceptors (Lipinski definition) is 4. The molecule has 0 spiro atoms. The fourth-order valence-corrected chi connectivity index (χ4v) is 3.29. The van der Waals surface area contributed by atoms with Gasteiger partial charge in [-0.3, -0.25) is 9.59 Å². The van der Waals surface area contributed by atoms with E-state index in [1.54, 1.807) is 36.4 Å². The first-order chi connectivity index (χ1) is 13.5. The fourth-order valence-electron chi connectivity index (χ4n) is 3.06. The number of aromatic nitrogens is 1. The largest absolute Gasteiger partial charge is 0.497 e. The molecule has 0 radical (unpaired) electrons. The van der Waals surface area contributed by atoms with Gasteiger partial charge in [-0.15, -0.1) is 0 Å². The summed E-state index contributed by atoms with van der Waals surface area (Å²) < 4.78 is 6.05. The molecule has 1 N–H and O–H groups in total. The standard InChI is InChI=1S/C21H22BrN3O3/c1-28-18-4-2-3-15(13-18)5-8-20(26)25-11-9-16(10-12-25)21(27)24-19-7-6-17(22)14-23-19/h2-8,13-14,16H,9-12H2,1H3,(H,23,24,27)/b8-5+. The fraction of sp³-hybridized carbons (Fsp3) is 0.286. The van der Waals surface area contributed by atoms with Gasteiger partial charge in [0, 0.05) is 35.8 Å². The van der Waals surface area contributed by atoms with Crippen molar-refractivity contribution in [2.24, 2.45) is 5.92 Å². The Morgan fingerprint density at radius 1 is 1.25 bits per heavy atom. The van der Waals surface area contributed by atoms with Gasteiger partial charge in [0.05, 0.1) is 7.11 Å². The summed E-state index contributed by atoms with van der Waals surface area (Å²) in [6, 6.07) is 11.1. The SMILES string of the molecule is COc1cccc(/C=C/C(=O)N2CCC(C(=O)Nc3ccc(Br)cn3)CC2)c1. The summed E-state index contributed by atoms with van der Waals surface area (Å²) >= 11 is 3.32. The zero-order valence-corrected chi connectivity index (χ0v) is 17.2. The van der Waals surface area contributed by atoms with Crippen LogP contribution in [0.4, 0.5) is 5.82 Å². The molecule has 146 valence electrons. The Morgan fingerprint density at radius 2 is 2.04 bits per heavy atom. The number of nitrogens with one attached hydrogen (secondary N) is 1. The maximum Gasteiger partial charge on any atom is 0.246 e. The lowest BCUT2D eigenvalue weighted by Gasteiger charge is -2.30. The van der Waals surface area contributed by atoms with E-state index in [0.29, 0.717) is 31.7 Å². The Kier molecular flexibility index (Phi) is 6.81. The summed E-state index contributed by atoms with van der Waals surface area (Å²) in [6.45, 7) is 1.13. The molecular formula is C21H22BrN3O3. The number of nitrogens with zero attached hydrogens (tertiary/aromatic N) is 2. The van der Waals surface area contributed by atoms with Crippen LogP contribution < -0.4 is 10.1 Å². The summed E-state index contributed by atoms with van der Waals surface area (Å²) in [5.41, 5.74) is 0.906. The number of anilines is 1. The quantitative estimate of drug-likeness (QED) is 0.714. The van der Waals surface area contributed by atoms with Crippen molar-refractivity contribution in [3.05, 3.63) is 58.7 Å². The molecule has 0 aliphatic carbocycles. The highest BCUT2D eigenvalue weighted by atomic mass is 79.9. The minimum atomic E-state index is -0.114. The number of methoxy groups -OCH3 is 1. The smallest absolute Gasteiger partial charge is 0.246 e. The molecule has 1 aliphatic heterocycles.